The van der Waals surface area contributed by atoms with E-state index >= 15 is 0 Å². The molecule has 0 heterocycles. The maximum atomic E-state index is 11.4. The minimum absolute atomic E-state index is 0.165. The monoisotopic (exact) mass is 238 g/mol. The predicted octanol–water partition coefficient (Wildman–Crippen LogP) is 3.49. The van der Waals surface area contributed by atoms with Crippen LogP contribution in [0.15, 0.2) is 0 Å². The molecule has 1 aliphatic rings. The number of Topliss-reactive ketones (excluding diaryl/α,β-unsaturated/α-hetero) is 1. The van der Waals surface area contributed by atoms with Crippen LogP contribution in [0.25, 0.3) is 0 Å². The van der Waals surface area contributed by atoms with Gasteiger partial charge in [0.05, 0.1) is 0 Å². The van der Waals surface area contributed by atoms with Gasteiger partial charge in [-0.3, -0.25) is 0 Å². The summed E-state index contributed by atoms with van der Waals surface area (Å²) in [6.45, 7) is 8.29. The summed E-state index contributed by atoms with van der Waals surface area (Å²) in [6, 6.07) is 0. The lowest BCUT2D eigenvalue weighted by molar-refractivity contribution is -0.121. The van der Waals surface area contributed by atoms with Gasteiger partial charge in [-0.15, -0.1) is 0 Å². The smallest absolute Gasteiger partial charge is 0.129 e. The van der Waals surface area contributed by atoms with Gasteiger partial charge in [-0.25, -0.2) is 0 Å². The maximum Gasteiger partial charge on any atom is 0.129 e. The molecule has 0 spiro atoms. The molecular weight excluding hydrogens is 212 g/mol. The molecule has 2 nitrogen and oxygen atoms in total. The molecule has 0 N–H and O–H groups in total. The zero-order valence-corrected chi connectivity index (χ0v) is 11.6. The highest BCUT2D eigenvalue weighted by Crippen LogP contribution is 2.43. The number of ketones is 1. The van der Waals surface area contributed by atoms with Crippen molar-refractivity contribution in [2.24, 2.45) is 29.6 Å². The van der Waals surface area contributed by atoms with E-state index in [1.807, 2.05) is 0 Å². The molecule has 0 saturated heterocycles. The minimum Gasteiger partial charge on any atom is -0.303 e. The molecule has 0 aromatic heterocycles. The fourth-order valence-electron chi connectivity index (χ4n) is 3.39. The summed E-state index contributed by atoms with van der Waals surface area (Å²) in [5, 5.41) is 0. The minimum atomic E-state index is 0.165. The van der Waals surface area contributed by atoms with Crippen molar-refractivity contribution in [3.8, 4) is 0 Å². The highest BCUT2D eigenvalue weighted by atomic mass is 16.1. The van der Waals surface area contributed by atoms with Crippen molar-refractivity contribution in [2.75, 3.05) is 0 Å². The first-order chi connectivity index (χ1) is 7.97. The van der Waals surface area contributed by atoms with Crippen molar-refractivity contribution in [1.82, 2.24) is 0 Å². The first kappa shape index (κ1) is 14.4. The van der Waals surface area contributed by atoms with E-state index < -0.39 is 0 Å². The van der Waals surface area contributed by atoms with Crippen LogP contribution >= 0.6 is 0 Å². The van der Waals surface area contributed by atoms with Gasteiger partial charge in [0.25, 0.3) is 0 Å². The van der Waals surface area contributed by atoms with Gasteiger partial charge in [-0.05, 0) is 43.4 Å². The molecule has 0 aliphatic heterocycles. The van der Waals surface area contributed by atoms with Crippen LogP contribution in [0, 0.1) is 29.6 Å². The van der Waals surface area contributed by atoms with E-state index in [0.29, 0.717) is 30.1 Å². The zero-order valence-electron chi connectivity index (χ0n) is 11.6. The molecule has 1 unspecified atom stereocenters. The predicted molar refractivity (Wildman–Crippen MR) is 69.7 cm³/mol. The van der Waals surface area contributed by atoms with Gasteiger partial charge in [-0.1, -0.05) is 27.2 Å². The Labute approximate surface area is 105 Å². The topological polar surface area (TPSA) is 34.1 Å². The second-order valence-electron chi connectivity index (χ2n) is 6.08. The van der Waals surface area contributed by atoms with Crippen LogP contribution in [0.3, 0.4) is 0 Å². The van der Waals surface area contributed by atoms with Crippen LogP contribution in [-0.2, 0) is 9.59 Å². The van der Waals surface area contributed by atoms with E-state index in [9.17, 15) is 9.59 Å². The van der Waals surface area contributed by atoms with E-state index in [0.717, 1.165) is 12.7 Å². The molecule has 1 aliphatic carbocycles. The van der Waals surface area contributed by atoms with Crippen LogP contribution in [0.5, 0.6) is 0 Å². The van der Waals surface area contributed by atoms with E-state index in [4.69, 9.17) is 0 Å². The van der Waals surface area contributed by atoms with Gasteiger partial charge >= 0.3 is 0 Å². The largest absolute Gasteiger partial charge is 0.303 e. The van der Waals surface area contributed by atoms with Crippen molar-refractivity contribution in [3.05, 3.63) is 0 Å². The van der Waals surface area contributed by atoms with Crippen molar-refractivity contribution in [3.63, 3.8) is 0 Å². The number of hydrogen-bond acceptors (Lipinski definition) is 2. The molecule has 1 saturated carbocycles. The standard InChI is InChI=1S/C15H26O2/c1-10(2)13-7-5-11(3)14(15(13)9-16)8-6-12(4)17/h9-11,13-15H,5-8H2,1-4H3/t11-,13+,14+,15?/m1/s1. The molecule has 4 atom stereocenters. The fourth-order valence-corrected chi connectivity index (χ4v) is 3.39. The molecule has 98 valence electrons. The molecule has 1 rings (SSSR count). The number of hydrogen-bond donors (Lipinski definition) is 0. The number of rotatable bonds is 5. The van der Waals surface area contributed by atoms with Gasteiger partial charge in [-0.2, -0.15) is 0 Å². The Morgan fingerprint density at radius 1 is 1.35 bits per heavy atom. The summed E-state index contributed by atoms with van der Waals surface area (Å²) in [6.07, 6.45) is 5.05. The molecule has 17 heavy (non-hydrogen) atoms. The lowest BCUT2D eigenvalue weighted by Crippen LogP contribution is -2.37. The average Bonchev–Trinajstić information content (AvgIpc) is 2.26. The summed E-state index contributed by atoms with van der Waals surface area (Å²) in [4.78, 5) is 22.5. The second-order valence-corrected chi connectivity index (χ2v) is 6.08. The lowest BCUT2D eigenvalue weighted by Gasteiger charge is -2.41. The molecule has 0 aromatic carbocycles. The summed E-state index contributed by atoms with van der Waals surface area (Å²) in [5.41, 5.74) is 0. The third-order valence-corrected chi connectivity index (χ3v) is 4.52. The fraction of sp³-hybridized carbons (Fsp3) is 0.867. The van der Waals surface area contributed by atoms with E-state index in [1.54, 1.807) is 6.92 Å². The Kier molecular flexibility index (Phi) is 5.35. The van der Waals surface area contributed by atoms with Gasteiger partial charge in [0, 0.05) is 12.3 Å². The number of aldehydes is 1. The normalized spacial score (nSPS) is 33.7. The van der Waals surface area contributed by atoms with Crippen molar-refractivity contribution in [1.29, 1.82) is 0 Å². The summed E-state index contributed by atoms with van der Waals surface area (Å²) in [7, 11) is 0. The summed E-state index contributed by atoms with van der Waals surface area (Å²) >= 11 is 0. The summed E-state index contributed by atoms with van der Waals surface area (Å²) < 4.78 is 0. The average molecular weight is 238 g/mol. The summed E-state index contributed by atoms with van der Waals surface area (Å²) in [5.74, 6) is 2.49. The van der Waals surface area contributed by atoms with Crippen molar-refractivity contribution in [2.45, 2.75) is 53.4 Å². The molecule has 2 heteroatoms. The SMILES string of the molecule is CC(=O)CC[C@@H]1C(C=O)[C@H](C(C)C)CC[C@H]1C. The highest BCUT2D eigenvalue weighted by molar-refractivity contribution is 5.75. The highest BCUT2D eigenvalue weighted by Gasteiger charge is 2.38. The van der Waals surface area contributed by atoms with Gasteiger partial charge in [0.2, 0.25) is 0 Å². The molecule has 0 aromatic rings. The van der Waals surface area contributed by atoms with Crippen LogP contribution in [0.2, 0.25) is 0 Å². The molecule has 0 bridgehead atoms. The van der Waals surface area contributed by atoms with Gasteiger partial charge in [0.15, 0.2) is 0 Å². The maximum absolute atomic E-state index is 11.4. The molecular formula is C15H26O2. The first-order valence-corrected chi connectivity index (χ1v) is 6.92. The van der Waals surface area contributed by atoms with Gasteiger partial charge in [0.1, 0.15) is 12.1 Å². The zero-order chi connectivity index (χ0) is 13.0. The molecule has 1 fully saturated rings. The Hall–Kier alpha value is -0.660. The van der Waals surface area contributed by atoms with Crippen LogP contribution < -0.4 is 0 Å². The van der Waals surface area contributed by atoms with Gasteiger partial charge < -0.3 is 9.59 Å². The van der Waals surface area contributed by atoms with Crippen LogP contribution in [0.1, 0.15) is 53.4 Å². The molecule has 0 amide bonds. The number of carbonyl (C=O) groups excluding carboxylic acids is 2. The van der Waals surface area contributed by atoms with E-state index in [-0.39, 0.29) is 11.7 Å². The van der Waals surface area contributed by atoms with E-state index in [1.165, 1.54) is 12.8 Å². The first-order valence-electron chi connectivity index (χ1n) is 6.92. The van der Waals surface area contributed by atoms with Crippen molar-refractivity contribution < 1.29 is 9.59 Å². The quantitative estimate of drug-likeness (QED) is 0.687. The Balaban J connectivity index is 2.73. The Morgan fingerprint density at radius 2 is 2.00 bits per heavy atom. The lowest BCUT2D eigenvalue weighted by atomic mass is 9.63. The van der Waals surface area contributed by atoms with Crippen molar-refractivity contribution >= 4 is 12.1 Å². The van der Waals surface area contributed by atoms with Crippen LogP contribution in [-0.4, -0.2) is 12.1 Å². The molecule has 0 radical (unpaired) electrons. The van der Waals surface area contributed by atoms with E-state index in [2.05, 4.69) is 20.8 Å². The Bertz CT molecular complexity index is 270. The number of carbonyl (C=O) groups is 2. The third kappa shape index (κ3) is 3.65. The third-order valence-electron chi connectivity index (χ3n) is 4.52. The second kappa shape index (κ2) is 6.32. The van der Waals surface area contributed by atoms with Crippen LogP contribution in [0.4, 0.5) is 0 Å². The Morgan fingerprint density at radius 3 is 2.47 bits per heavy atom.